The van der Waals surface area contributed by atoms with Crippen molar-refractivity contribution in [3.05, 3.63) is 47.7 Å². The molecule has 1 N–H and O–H groups in total. The van der Waals surface area contributed by atoms with Crippen LogP contribution in [0.15, 0.2) is 36.4 Å². The van der Waals surface area contributed by atoms with Gasteiger partial charge in [-0.25, -0.2) is 4.68 Å². The molecule has 1 aromatic carbocycles. The Morgan fingerprint density at radius 3 is 3.00 bits per heavy atom. The number of aryl methyl sites for hydroxylation is 2. The number of hydrogen-bond acceptors (Lipinski definition) is 3. The second kappa shape index (κ2) is 6.43. The van der Waals surface area contributed by atoms with E-state index in [1.54, 1.807) is 10.7 Å². The molecule has 1 aliphatic heterocycles. The number of hydrogen-bond donors (Lipinski definition) is 1. The molecule has 0 fully saturated rings. The van der Waals surface area contributed by atoms with E-state index in [0.29, 0.717) is 24.7 Å². The lowest BCUT2D eigenvalue weighted by molar-refractivity contribution is 0.0947. The van der Waals surface area contributed by atoms with Crippen molar-refractivity contribution >= 4 is 5.91 Å². The van der Waals surface area contributed by atoms with Crippen molar-refractivity contribution in [3.8, 4) is 5.88 Å². The van der Waals surface area contributed by atoms with Crippen molar-refractivity contribution in [2.45, 2.75) is 25.8 Å². The van der Waals surface area contributed by atoms with Gasteiger partial charge in [0.05, 0.1) is 6.61 Å². The summed E-state index contributed by atoms with van der Waals surface area (Å²) in [5.74, 6) is 0.559. The molecule has 0 saturated carbocycles. The number of fused-ring (bicyclic) bond motifs is 1. The quantitative estimate of drug-likeness (QED) is 0.855. The third kappa shape index (κ3) is 3.42. The molecule has 0 atom stereocenters. The number of benzene rings is 1. The highest BCUT2D eigenvalue weighted by molar-refractivity contribution is 5.92. The molecule has 0 radical (unpaired) electrons. The van der Waals surface area contributed by atoms with Crippen LogP contribution in [-0.4, -0.2) is 28.8 Å². The molecule has 0 aliphatic carbocycles. The minimum absolute atomic E-state index is 0.131. The predicted molar refractivity (Wildman–Crippen MR) is 79.4 cm³/mol. The minimum Gasteiger partial charge on any atom is -0.478 e. The molecule has 5 heteroatoms. The third-order valence-electron chi connectivity index (χ3n) is 3.51. The average Bonchev–Trinajstić information content (AvgIpc) is 2.96. The van der Waals surface area contributed by atoms with E-state index in [1.807, 2.05) is 18.2 Å². The summed E-state index contributed by atoms with van der Waals surface area (Å²) in [6, 6.07) is 12.0. The first kappa shape index (κ1) is 13.7. The number of nitrogens with one attached hydrogen (secondary N) is 1. The first-order chi connectivity index (χ1) is 10.3. The highest BCUT2D eigenvalue weighted by Gasteiger charge is 2.17. The van der Waals surface area contributed by atoms with E-state index < -0.39 is 0 Å². The SMILES string of the molecule is O=C(NCCCc1ccccc1)c1cc2n(n1)CCCO2. The number of rotatable bonds is 5. The molecule has 1 amide bonds. The normalized spacial score (nSPS) is 13.3. The Bertz CT molecular complexity index is 584. The second-order valence-electron chi connectivity index (χ2n) is 5.14. The van der Waals surface area contributed by atoms with Crippen molar-refractivity contribution in [1.29, 1.82) is 0 Å². The fourth-order valence-electron chi connectivity index (χ4n) is 2.41. The topological polar surface area (TPSA) is 56.2 Å². The molecule has 0 unspecified atom stereocenters. The molecule has 110 valence electrons. The van der Waals surface area contributed by atoms with Gasteiger partial charge < -0.3 is 10.1 Å². The van der Waals surface area contributed by atoms with E-state index in [0.717, 1.165) is 25.8 Å². The van der Waals surface area contributed by atoms with Crippen molar-refractivity contribution < 1.29 is 9.53 Å². The number of nitrogens with zero attached hydrogens (tertiary/aromatic N) is 2. The minimum atomic E-state index is -0.131. The molecular weight excluding hydrogens is 266 g/mol. The number of carbonyl (C=O) groups excluding carboxylic acids is 1. The molecule has 2 heterocycles. The molecular formula is C16H19N3O2. The second-order valence-corrected chi connectivity index (χ2v) is 5.14. The van der Waals surface area contributed by atoms with Gasteiger partial charge in [-0.1, -0.05) is 30.3 Å². The number of amides is 1. The standard InChI is InChI=1S/C16H19N3O2/c20-16(14-12-15-19(18-14)10-5-11-21-15)17-9-4-8-13-6-2-1-3-7-13/h1-3,6-7,12H,4-5,8-11H2,(H,17,20). The van der Waals surface area contributed by atoms with Gasteiger partial charge in [0.1, 0.15) is 0 Å². The van der Waals surface area contributed by atoms with Gasteiger partial charge >= 0.3 is 0 Å². The van der Waals surface area contributed by atoms with Gasteiger partial charge in [0.15, 0.2) is 5.69 Å². The maximum atomic E-state index is 12.0. The Morgan fingerprint density at radius 1 is 1.33 bits per heavy atom. The summed E-state index contributed by atoms with van der Waals surface area (Å²) in [7, 11) is 0. The Morgan fingerprint density at radius 2 is 2.19 bits per heavy atom. The summed E-state index contributed by atoms with van der Waals surface area (Å²) in [5, 5.41) is 7.18. The van der Waals surface area contributed by atoms with E-state index in [1.165, 1.54) is 5.56 Å². The zero-order valence-corrected chi connectivity index (χ0v) is 11.9. The Hall–Kier alpha value is -2.30. The summed E-state index contributed by atoms with van der Waals surface area (Å²) in [6.45, 7) is 2.16. The van der Waals surface area contributed by atoms with Crippen LogP contribution in [0.25, 0.3) is 0 Å². The van der Waals surface area contributed by atoms with Crippen molar-refractivity contribution in [2.75, 3.05) is 13.2 Å². The highest BCUT2D eigenvalue weighted by atomic mass is 16.5. The van der Waals surface area contributed by atoms with Crippen LogP contribution in [-0.2, 0) is 13.0 Å². The predicted octanol–water partition coefficient (Wildman–Crippen LogP) is 2.03. The smallest absolute Gasteiger partial charge is 0.271 e. The van der Waals surface area contributed by atoms with E-state index in [-0.39, 0.29) is 5.91 Å². The van der Waals surface area contributed by atoms with E-state index in [4.69, 9.17) is 4.74 Å². The Balaban J connectivity index is 1.47. The van der Waals surface area contributed by atoms with Gasteiger partial charge in [-0.05, 0) is 18.4 Å². The maximum Gasteiger partial charge on any atom is 0.271 e. The lowest BCUT2D eigenvalue weighted by atomic mass is 10.1. The monoisotopic (exact) mass is 285 g/mol. The molecule has 3 rings (SSSR count). The van der Waals surface area contributed by atoms with Crippen LogP contribution in [0.1, 0.15) is 28.9 Å². The van der Waals surface area contributed by atoms with Gasteiger partial charge in [-0.3, -0.25) is 4.79 Å². The van der Waals surface area contributed by atoms with E-state index in [2.05, 4.69) is 22.5 Å². The van der Waals surface area contributed by atoms with Crippen molar-refractivity contribution in [2.24, 2.45) is 0 Å². The molecule has 0 spiro atoms. The van der Waals surface area contributed by atoms with Crippen molar-refractivity contribution in [1.82, 2.24) is 15.1 Å². The van der Waals surface area contributed by atoms with Crippen LogP contribution < -0.4 is 10.1 Å². The molecule has 21 heavy (non-hydrogen) atoms. The van der Waals surface area contributed by atoms with Gasteiger partial charge in [0, 0.05) is 25.6 Å². The van der Waals surface area contributed by atoms with Gasteiger partial charge in [-0.2, -0.15) is 5.10 Å². The van der Waals surface area contributed by atoms with Crippen LogP contribution in [0.4, 0.5) is 0 Å². The summed E-state index contributed by atoms with van der Waals surface area (Å²) in [5.41, 5.74) is 1.73. The number of aromatic nitrogens is 2. The summed E-state index contributed by atoms with van der Waals surface area (Å²) >= 11 is 0. The van der Waals surface area contributed by atoms with Gasteiger partial charge in [-0.15, -0.1) is 0 Å². The first-order valence-electron chi connectivity index (χ1n) is 7.36. The zero-order chi connectivity index (χ0) is 14.5. The molecule has 1 aliphatic rings. The molecule has 5 nitrogen and oxygen atoms in total. The third-order valence-corrected chi connectivity index (χ3v) is 3.51. The zero-order valence-electron chi connectivity index (χ0n) is 11.9. The fraction of sp³-hybridized carbons (Fsp3) is 0.375. The van der Waals surface area contributed by atoms with Crippen LogP contribution >= 0.6 is 0 Å². The van der Waals surface area contributed by atoms with E-state index in [9.17, 15) is 4.79 Å². The lowest BCUT2D eigenvalue weighted by Crippen LogP contribution is -2.25. The van der Waals surface area contributed by atoms with Gasteiger partial charge in [0.25, 0.3) is 5.91 Å². The number of carbonyl (C=O) groups is 1. The summed E-state index contributed by atoms with van der Waals surface area (Å²) < 4.78 is 7.21. The maximum absolute atomic E-state index is 12.0. The molecule has 0 bridgehead atoms. The molecule has 2 aromatic rings. The molecule has 0 saturated heterocycles. The Labute approximate surface area is 123 Å². The summed E-state index contributed by atoms with van der Waals surface area (Å²) in [6.07, 6.45) is 2.82. The summed E-state index contributed by atoms with van der Waals surface area (Å²) in [4.78, 5) is 12.0. The number of ether oxygens (including phenoxy) is 1. The molecule has 1 aromatic heterocycles. The van der Waals surface area contributed by atoms with Gasteiger partial charge in [0.2, 0.25) is 5.88 Å². The lowest BCUT2D eigenvalue weighted by Gasteiger charge is -2.13. The van der Waals surface area contributed by atoms with E-state index >= 15 is 0 Å². The fourth-order valence-corrected chi connectivity index (χ4v) is 2.41. The van der Waals surface area contributed by atoms with Crippen LogP contribution in [0.5, 0.6) is 5.88 Å². The largest absolute Gasteiger partial charge is 0.478 e. The highest BCUT2D eigenvalue weighted by Crippen LogP contribution is 2.18. The van der Waals surface area contributed by atoms with Crippen molar-refractivity contribution in [3.63, 3.8) is 0 Å². The Kier molecular flexibility index (Phi) is 4.19. The van der Waals surface area contributed by atoms with Crippen LogP contribution in [0.2, 0.25) is 0 Å². The average molecular weight is 285 g/mol. The first-order valence-corrected chi connectivity index (χ1v) is 7.36. The van der Waals surface area contributed by atoms with Crippen LogP contribution in [0.3, 0.4) is 0 Å². The van der Waals surface area contributed by atoms with Crippen LogP contribution in [0, 0.1) is 0 Å².